The van der Waals surface area contributed by atoms with Gasteiger partial charge in [0.1, 0.15) is 5.75 Å². The molecule has 0 atom stereocenters. The van der Waals surface area contributed by atoms with Crippen LogP contribution in [0.2, 0.25) is 0 Å². The zero-order valence-corrected chi connectivity index (χ0v) is 14.3. The van der Waals surface area contributed by atoms with Crippen LogP contribution in [0.1, 0.15) is 17.9 Å². The number of hydrogen-bond donors (Lipinski definition) is 1. The molecule has 0 fully saturated rings. The van der Waals surface area contributed by atoms with Crippen LogP contribution >= 0.6 is 11.3 Å². The van der Waals surface area contributed by atoms with Crippen molar-refractivity contribution in [1.29, 1.82) is 0 Å². The lowest BCUT2D eigenvalue weighted by molar-refractivity contribution is -0.121. The van der Waals surface area contributed by atoms with Crippen molar-refractivity contribution in [3.8, 4) is 16.5 Å². The molecule has 9 heteroatoms. The monoisotopic (exact) mass is 379 g/mol. The van der Waals surface area contributed by atoms with Crippen molar-refractivity contribution in [3.05, 3.63) is 53.2 Å². The highest BCUT2D eigenvalue weighted by molar-refractivity contribution is 7.13. The topological polar surface area (TPSA) is 77.2 Å². The van der Waals surface area contributed by atoms with E-state index in [1.165, 1.54) is 23.5 Å². The molecule has 1 amide bonds. The molecule has 0 bridgehead atoms. The summed E-state index contributed by atoms with van der Waals surface area (Å²) in [6, 6.07) is 9.88. The molecule has 2 heterocycles. The Morgan fingerprint density at radius 2 is 2.08 bits per heavy atom. The fourth-order valence-electron chi connectivity index (χ4n) is 2.16. The zero-order chi connectivity index (χ0) is 18.4. The first-order valence-electron chi connectivity index (χ1n) is 7.77. The van der Waals surface area contributed by atoms with Gasteiger partial charge in [-0.2, -0.15) is 13.8 Å². The van der Waals surface area contributed by atoms with Gasteiger partial charge in [0, 0.05) is 19.4 Å². The lowest BCUT2D eigenvalue weighted by Gasteiger charge is -2.07. The minimum atomic E-state index is -2.86. The molecular weight excluding hydrogens is 364 g/mol. The van der Waals surface area contributed by atoms with Gasteiger partial charge in [0.05, 0.1) is 4.88 Å². The van der Waals surface area contributed by atoms with Crippen LogP contribution in [-0.2, 0) is 17.8 Å². The van der Waals surface area contributed by atoms with Gasteiger partial charge in [-0.05, 0) is 29.1 Å². The Morgan fingerprint density at radius 1 is 1.27 bits per heavy atom. The van der Waals surface area contributed by atoms with E-state index in [-0.39, 0.29) is 24.6 Å². The Bertz CT molecular complexity index is 835. The summed E-state index contributed by atoms with van der Waals surface area (Å²) in [6.45, 7) is -2.57. The van der Waals surface area contributed by atoms with Gasteiger partial charge in [0.25, 0.3) is 0 Å². The Kier molecular flexibility index (Phi) is 5.90. The molecule has 0 unspecified atom stereocenters. The van der Waals surface area contributed by atoms with E-state index in [4.69, 9.17) is 4.52 Å². The van der Waals surface area contributed by atoms with E-state index in [2.05, 4.69) is 20.2 Å². The van der Waals surface area contributed by atoms with Gasteiger partial charge in [-0.25, -0.2) is 0 Å². The average molecular weight is 379 g/mol. The molecule has 1 N–H and O–H groups in total. The second-order valence-corrected chi connectivity index (χ2v) is 6.24. The minimum Gasteiger partial charge on any atom is -0.435 e. The highest BCUT2D eigenvalue weighted by Crippen LogP contribution is 2.21. The molecule has 3 rings (SSSR count). The fraction of sp³-hybridized carbons (Fsp3) is 0.235. The summed E-state index contributed by atoms with van der Waals surface area (Å²) in [7, 11) is 0. The Morgan fingerprint density at radius 3 is 2.77 bits per heavy atom. The minimum absolute atomic E-state index is 0.0769. The number of thiophene rings is 1. The number of aryl methyl sites for hydroxylation is 1. The van der Waals surface area contributed by atoms with Crippen LogP contribution in [-0.4, -0.2) is 22.7 Å². The van der Waals surface area contributed by atoms with Crippen molar-refractivity contribution < 1.29 is 22.8 Å². The molecule has 0 aliphatic heterocycles. The van der Waals surface area contributed by atoms with E-state index in [0.29, 0.717) is 18.1 Å². The first-order valence-corrected chi connectivity index (χ1v) is 8.65. The summed E-state index contributed by atoms with van der Waals surface area (Å²) in [5, 5.41) is 8.56. The molecule has 0 saturated heterocycles. The van der Waals surface area contributed by atoms with E-state index in [9.17, 15) is 13.6 Å². The largest absolute Gasteiger partial charge is 0.435 e. The van der Waals surface area contributed by atoms with Gasteiger partial charge in [0.15, 0.2) is 0 Å². The molecule has 0 saturated carbocycles. The maximum absolute atomic E-state index is 12.1. The van der Waals surface area contributed by atoms with Crippen molar-refractivity contribution in [1.82, 2.24) is 15.5 Å². The molecule has 136 valence electrons. The molecule has 3 aromatic rings. The summed E-state index contributed by atoms with van der Waals surface area (Å²) in [4.78, 5) is 17.1. The SMILES string of the molecule is O=C(CCc1nc(-c2cccs2)no1)NCc1ccc(OC(F)F)cc1. The number of nitrogens with one attached hydrogen (secondary N) is 1. The van der Waals surface area contributed by atoms with Gasteiger partial charge < -0.3 is 14.6 Å². The third kappa shape index (κ3) is 5.09. The molecule has 1 aromatic carbocycles. The number of hydrogen-bond acceptors (Lipinski definition) is 6. The molecule has 2 aromatic heterocycles. The number of halogens is 2. The molecule has 6 nitrogen and oxygen atoms in total. The van der Waals surface area contributed by atoms with Crippen molar-refractivity contribution in [2.75, 3.05) is 0 Å². The van der Waals surface area contributed by atoms with Gasteiger partial charge >= 0.3 is 6.61 Å². The quantitative estimate of drug-likeness (QED) is 0.646. The van der Waals surface area contributed by atoms with Crippen molar-refractivity contribution in [3.63, 3.8) is 0 Å². The molecule has 0 aliphatic carbocycles. The number of aromatic nitrogens is 2. The lowest BCUT2D eigenvalue weighted by Crippen LogP contribution is -2.23. The maximum atomic E-state index is 12.1. The first kappa shape index (κ1) is 18.0. The Hall–Kier alpha value is -2.81. The summed E-state index contributed by atoms with van der Waals surface area (Å²) in [5.41, 5.74) is 0.776. The number of amides is 1. The third-order valence-electron chi connectivity index (χ3n) is 3.41. The number of benzene rings is 1. The number of carbonyl (C=O) groups excluding carboxylic acids is 1. The van der Waals surface area contributed by atoms with Crippen LogP contribution in [0.25, 0.3) is 10.7 Å². The number of rotatable bonds is 8. The molecule has 0 spiro atoms. The van der Waals surface area contributed by atoms with Crippen LogP contribution in [0.3, 0.4) is 0 Å². The Balaban J connectivity index is 1.43. The molecule has 0 radical (unpaired) electrons. The summed E-state index contributed by atoms with van der Waals surface area (Å²) in [6.07, 6.45) is 0.546. The third-order valence-corrected chi connectivity index (χ3v) is 4.28. The second-order valence-electron chi connectivity index (χ2n) is 5.29. The fourth-order valence-corrected chi connectivity index (χ4v) is 2.81. The van der Waals surface area contributed by atoms with E-state index in [1.807, 2.05) is 17.5 Å². The van der Waals surface area contributed by atoms with Crippen LogP contribution in [0.15, 0.2) is 46.3 Å². The number of nitrogens with zero attached hydrogens (tertiary/aromatic N) is 2. The smallest absolute Gasteiger partial charge is 0.387 e. The normalized spacial score (nSPS) is 10.9. The number of alkyl halides is 2. The van der Waals surface area contributed by atoms with Gasteiger partial charge in [-0.3, -0.25) is 4.79 Å². The van der Waals surface area contributed by atoms with Gasteiger partial charge in [0.2, 0.25) is 17.6 Å². The van der Waals surface area contributed by atoms with Crippen LogP contribution in [0.4, 0.5) is 8.78 Å². The van der Waals surface area contributed by atoms with E-state index in [1.54, 1.807) is 12.1 Å². The first-order chi connectivity index (χ1) is 12.6. The summed E-state index contributed by atoms with van der Waals surface area (Å²) in [5.74, 6) is 0.820. The molecule has 26 heavy (non-hydrogen) atoms. The van der Waals surface area contributed by atoms with Crippen molar-refractivity contribution in [2.45, 2.75) is 26.0 Å². The van der Waals surface area contributed by atoms with Crippen molar-refractivity contribution >= 4 is 17.2 Å². The standard InChI is InChI=1S/C17H15F2N3O3S/c18-17(19)24-12-5-3-11(4-6-12)10-20-14(23)7-8-15-21-16(22-25-15)13-2-1-9-26-13/h1-6,9,17H,7-8,10H2,(H,20,23). The predicted molar refractivity (Wildman–Crippen MR) is 90.9 cm³/mol. The summed E-state index contributed by atoms with van der Waals surface area (Å²) >= 11 is 1.51. The van der Waals surface area contributed by atoms with Gasteiger partial charge in [-0.15, -0.1) is 11.3 Å². The van der Waals surface area contributed by atoms with E-state index in [0.717, 1.165) is 10.4 Å². The van der Waals surface area contributed by atoms with E-state index < -0.39 is 6.61 Å². The van der Waals surface area contributed by atoms with Crippen LogP contribution < -0.4 is 10.1 Å². The average Bonchev–Trinajstić information content (AvgIpc) is 3.30. The van der Waals surface area contributed by atoms with E-state index >= 15 is 0 Å². The molecular formula is C17H15F2N3O3S. The summed E-state index contributed by atoms with van der Waals surface area (Å²) < 4.78 is 33.6. The molecule has 0 aliphatic rings. The van der Waals surface area contributed by atoms with Crippen molar-refractivity contribution in [2.24, 2.45) is 0 Å². The highest BCUT2D eigenvalue weighted by Gasteiger charge is 2.11. The van der Waals surface area contributed by atoms with Gasteiger partial charge in [-0.1, -0.05) is 23.4 Å². The maximum Gasteiger partial charge on any atom is 0.387 e. The van der Waals surface area contributed by atoms with Crippen LogP contribution in [0.5, 0.6) is 5.75 Å². The number of carbonyl (C=O) groups is 1. The second kappa shape index (κ2) is 8.52. The predicted octanol–water partition coefficient (Wildman–Crippen LogP) is 3.65. The highest BCUT2D eigenvalue weighted by atomic mass is 32.1. The Labute approximate surface area is 151 Å². The lowest BCUT2D eigenvalue weighted by atomic mass is 10.2. The number of ether oxygens (including phenoxy) is 1. The zero-order valence-electron chi connectivity index (χ0n) is 13.5. The van der Waals surface area contributed by atoms with Crippen LogP contribution in [0, 0.1) is 0 Å².